The average molecular weight is 236 g/mol. The molecule has 0 aromatic heterocycles. The van der Waals surface area contributed by atoms with Crippen molar-refractivity contribution in [2.75, 3.05) is 13.7 Å². The van der Waals surface area contributed by atoms with Crippen molar-refractivity contribution in [3.63, 3.8) is 0 Å². The van der Waals surface area contributed by atoms with E-state index >= 15 is 0 Å². The Hall–Kier alpha value is -1.35. The Balaban J connectivity index is 2.07. The van der Waals surface area contributed by atoms with E-state index in [9.17, 15) is 4.79 Å². The molecule has 0 bridgehead atoms. The number of rotatable bonds is 7. The molecule has 94 valence electrons. The summed E-state index contributed by atoms with van der Waals surface area (Å²) in [5, 5.41) is 0. The lowest BCUT2D eigenvalue weighted by molar-refractivity contribution is -0.145. The third-order valence-corrected chi connectivity index (χ3v) is 2.64. The smallest absolute Gasteiger partial charge is 0.308 e. The summed E-state index contributed by atoms with van der Waals surface area (Å²) in [5.74, 6) is -0.187. The third-order valence-electron chi connectivity index (χ3n) is 2.64. The van der Waals surface area contributed by atoms with Gasteiger partial charge in [0, 0.05) is 6.61 Å². The van der Waals surface area contributed by atoms with Crippen molar-refractivity contribution in [2.45, 2.75) is 26.4 Å². The van der Waals surface area contributed by atoms with Crippen molar-refractivity contribution < 1.29 is 14.3 Å². The molecule has 1 aromatic carbocycles. The fourth-order valence-corrected chi connectivity index (χ4v) is 1.57. The molecule has 1 unspecified atom stereocenters. The highest BCUT2D eigenvalue weighted by molar-refractivity contribution is 5.71. The van der Waals surface area contributed by atoms with Crippen LogP contribution in [0.5, 0.6) is 0 Å². The highest BCUT2D eigenvalue weighted by atomic mass is 16.5. The zero-order chi connectivity index (χ0) is 12.5. The zero-order valence-corrected chi connectivity index (χ0v) is 10.5. The fourth-order valence-electron chi connectivity index (χ4n) is 1.57. The number of hydrogen-bond donors (Lipinski definition) is 0. The van der Waals surface area contributed by atoms with Crippen LogP contribution in [0.25, 0.3) is 0 Å². The molecule has 0 saturated carbocycles. The van der Waals surface area contributed by atoms with Gasteiger partial charge in [-0.2, -0.15) is 0 Å². The summed E-state index contributed by atoms with van der Waals surface area (Å²) >= 11 is 0. The largest absolute Gasteiger partial charge is 0.469 e. The van der Waals surface area contributed by atoms with Gasteiger partial charge >= 0.3 is 5.97 Å². The predicted octanol–water partition coefficient (Wildman–Crippen LogP) is 2.79. The van der Waals surface area contributed by atoms with Gasteiger partial charge in [-0.15, -0.1) is 0 Å². The second kappa shape index (κ2) is 7.85. The maximum Gasteiger partial charge on any atom is 0.308 e. The minimum absolute atomic E-state index is 0.0414. The Morgan fingerprint density at radius 2 is 2.00 bits per heavy atom. The van der Waals surface area contributed by atoms with Gasteiger partial charge in [0.15, 0.2) is 0 Å². The summed E-state index contributed by atoms with van der Waals surface area (Å²) in [6.45, 7) is 3.19. The number of carbonyl (C=O) groups excluding carboxylic acids is 1. The van der Waals surface area contributed by atoms with E-state index < -0.39 is 0 Å². The van der Waals surface area contributed by atoms with Crippen molar-refractivity contribution >= 4 is 5.97 Å². The number of carbonyl (C=O) groups is 1. The number of ether oxygens (including phenoxy) is 2. The number of benzene rings is 1. The summed E-state index contributed by atoms with van der Waals surface area (Å²) in [7, 11) is 1.42. The van der Waals surface area contributed by atoms with Gasteiger partial charge in [-0.3, -0.25) is 4.79 Å². The Bertz CT molecular complexity index is 321. The van der Waals surface area contributed by atoms with E-state index in [2.05, 4.69) is 4.74 Å². The highest BCUT2D eigenvalue weighted by Gasteiger charge is 2.11. The van der Waals surface area contributed by atoms with Crippen molar-refractivity contribution in [1.29, 1.82) is 0 Å². The van der Waals surface area contributed by atoms with Gasteiger partial charge in [0.1, 0.15) is 0 Å². The molecule has 1 aromatic rings. The van der Waals surface area contributed by atoms with Gasteiger partial charge in [0.05, 0.1) is 19.6 Å². The molecule has 1 rings (SSSR count). The van der Waals surface area contributed by atoms with Gasteiger partial charge < -0.3 is 9.47 Å². The minimum Gasteiger partial charge on any atom is -0.469 e. The number of methoxy groups -OCH3 is 1. The topological polar surface area (TPSA) is 35.5 Å². The van der Waals surface area contributed by atoms with Crippen LogP contribution in [-0.4, -0.2) is 19.7 Å². The maximum absolute atomic E-state index is 11.1. The second-order valence-corrected chi connectivity index (χ2v) is 4.10. The molecule has 0 aliphatic heterocycles. The van der Waals surface area contributed by atoms with Crippen LogP contribution in [-0.2, 0) is 20.9 Å². The van der Waals surface area contributed by atoms with Crippen LogP contribution in [0.2, 0.25) is 0 Å². The predicted molar refractivity (Wildman–Crippen MR) is 66.5 cm³/mol. The van der Waals surface area contributed by atoms with Crippen LogP contribution < -0.4 is 0 Å². The highest BCUT2D eigenvalue weighted by Crippen LogP contribution is 2.08. The molecule has 0 aliphatic rings. The molecule has 1 atom stereocenters. The minimum atomic E-state index is -0.145. The third kappa shape index (κ3) is 5.50. The molecule has 3 nitrogen and oxygen atoms in total. The van der Waals surface area contributed by atoms with Crippen LogP contribution in [0, 0.1) is 5.92 Å². The monoisotopic (exact) mass is 236 g/mol. The summed E-state index contributed by atoms with van der Waals surface area (Å²) in [4.78, 5) is 11.1. The summed E-state index contributed by atoms with van der Waals surface area (Å²) in [5.41, 5.74) is 1.17. The van der Waals surface area contributed by atoms with E-state index in [0.29, 0.717) is 13.2 Å². The quantitative estimate of drug-likeness (QED) is 0.539. The van der Waals surface area contributed by atoms with Crippen molar-refractivity contribution in [3.8, 4) is 0 Å². The molecule has 0 saturated heterocycles. The normalized spacial score (nSPS) is 12.1. The van der Waals surface area contributed by atoms with Crippen LogP contribution in [0.4, 0.5) is 0 Å². The molecule has 0 radical (unpaired) electrons. The Kier molecular flexibility index (Phi) is 6.33. The van der Waals surface area contributed by atoms with Crippen LogP contribution in [0.1, 0.15) is 25.3 Å². The van der Waals surface area contributed by atoms with Crippen molar-refractivity contribution in [3.05, 3.63) is 35.9 Å². The molecule has 0 fully saturated rings. The lowest BCUT2D eigenvalue weighted by Gasteiger charge is -2.09. The van der Waals surface area contributed by atoms with Gasteiger partial charge in [0.25, 0.3) is 0 Å². The first-order valence-electron chi connectivity index (χ1n) is 5.93. The lowest BCUT2D eigenvalue weighted by Crippen LogP contribution is -2.13. The molecule has 17 heavy (non-hydrogen) atoms. The summed E-state index contributed by atoms with van der Waals surface area (Å²) in [6, 6.07) is 10.1. The van der Waals surface area contributed by atoms with Gasteiger partial charge in [-0.05, 0) is 18.4 Å². The first kappa shape index (κ1) is 13.7. The first-order chi connectivity index (χ1) is 8.24. The molecular formula is C14H20O3. The molecule has 0 amide bonds. The van der Waals surface area contributed by atoms with Gasteiger partial charge in [-0.1, -0.05) is 37.3 Å². The fraction of sp³-hybridized carbons (Fsp3) is 0.500. The zero-order valence-electron chi connectivity index (χ0n) is 10.5. The first-order valence-corrected chi connectivity index (χ1v) is 5.93. The van der Waals surface area contributed by atoms with Crippen molar-refractivity contribution in [2.24, 2.45) is 5.92 Å². The van der Waals surface area contributed by atoms with E-state index in [0.717, 1.165) is 12.8 Å². The average Bonchev–Trinajstić information content (AvgIpc) is 2.38. The summed E-state index contributed by atoms with van der Waals surface area (Å²) < 4.78 is 10.2. The van der Waals surface area contributed by atoms with E-state index in [-0.39, 0.29) is 11.9 Å². The second-order valence-electron chi connectivity index (χ2n) is 4.10. The SMILES string of the molecule is COC(=O)C(C)CCCOCc1ccccc1. The van der Waals surface area contributed by atoms with Gasteiger partial charge in [0.2, 0.25) is 0 Å². The Morgan fingerprint density at radius 1 is 1.29 bits per heavy atom. The van der Waals surface area contributed by atoms with E-state index in [1.807, 2.05) is 37.3 Å². The Labute approximate surface area is 103 Å². The maximum atomic E-state index is 11.1. The van der Waals surface area contributed by atoms with Crippen LogP contribution in [0.3, 0.4) is 0 Å². The number of hydrogen-bond acceptors (Lipinski definition) is 3. The van der Waals surface area contributed by atoms with Crippen LogP contribution in [0.15, 0.2) is 30.3 Å². The molecule has 3 heteroatoms. The van der Waals surface area contributed by atoms with E-state index in [1.54, 1.807) is 0 Å². The molecule has 0 N–H and O–H groups in total. The van der Waals surface area contributed by atoms with E-state index in [1.165, 1.54) is 12.7 Å². The lowest BCUT2D eigenvalue weighted by atomic mass is 10.1. The van der Waals surface area contributed by atoms with Gasteiger partial charge in [-0.25, -0.2) is 0 Å². The van der Waals surface area contributed by atoms with E-state index in [4.69, 9.17) is 4.74 Å². The standard InChI is InChI=1S/C14H20O3/c1-12(14(15)16-2)7-6-10-17-11-13-8-4-3-5-9-13/h3-5,8-9,12H,6-7,10-11H2,1-2H3. The molecule has 0 aliphatic carbocycles. The number of esters is 1. The Morgan fingerprint density at radius 3 is 2.65 bits per heavy atom. The molecule has 0 spiro atoms. The van der Waals surface area contributed by atoms with Crippen LogP contribution >= 0.6 is 0 Å². The van der Waals surface area contributed by atoms with Crippen molar-refractivity contribution in [1.82, 2.24) is 0 Å². The molecule has 0 heterocycles. The summed E-state index contributed by atoms with van der Waals surface area (Å²) in [6.07, 6.45) is 1.69. The molecular weight excluding hydrogens is 216 g/mol.